The molecule has 0 aliphatic heterocycles. The zero-order valence-electron chi connectivity index (χ0n) is 11.6. The van der Waals surface area contributed by atoms with Gasteiger partial charge < -0.3 is 4.43 Å². The van der Waals surface area contributed by atoms with Crippen LogP contribution in [0.3, 0.4) is 0 Å². The van der Waals surface area contributed by atoms with Crippen molar-refractivity contribution in [2.45, 2.75) is 39.5 Å². The van der Waals surface area contributed by atoms with E-state index in [1.165, 1.54) is 0 Å². The fraction of sp³-hybridized carbons (Fsp3) is 0.500. The molecule has 0 heterocycles. The highest BCUT2D eigenvalue weighted by atomic mass is 35.5. The Kier molecular flexibility index (Phi) is 4.76. The van der Waals surface area contributed by atoms with Crippen molar-refractivity contribution in [2.75, 3.05) is 0 Å². The van der Waals surface area contributed by atoms with Crippen molar-refractivity contribution >= 4 is 26.9 Å². The second kappa shape index (κ2) is 5.55. The quantitative estimate of drug-likeness (QED) is 0.616. The lowest BCUT2D eigenvalue weighted by atomic mass is 9.73. The molecule has 0 N–H and O–H groups in total. The SMILES string of the molecule is C[Si](C)O[C@@](C=O)(c1cccc(Cl)c1)C(C)(C)C. The molecule has 0 aliphatic rings. The summed E-state index contributed by atoms with van der Waals surface area (Å²) in [6.45, 7) is 10.1. The van der Waals surface area contributed by atoms with E-state index in [0.29, 0.717) is 5.02 Å². The minimum Gasteiger partial charge on any atom is -0.401 e. The van der Waals surface area contributed by atoms with Crippen LogP contribution in [0.5, 0.6) is 0 Å². The number of hydrogen-bond donors (Lipinski definition) is 0. The molecule has 0 saturated carbocycles. The minimum absolute atomic E-state index is 0.332. The van der Waals surface area contributed by atoms with Crippen LogP contribution in [-0.2, 0) is 14.8 Å². The van der Waals surface area contributed by atoms with Gasteiger partial charge in [0.05, 0.1) is 0 Å². The molecule has 4 heteroatoms. The molecule has 1 atom stereocenters. The fourth-order valence-electron chi connectivity index (χ4n) is 1.96. The van der Waals surface area contributed by atoms with Crippen LogP contribution in [-0.4, -0.2) is 15.3 Å². The van der Waals surface area contributed by atoms with E-state index in [9.17, 15) is 4.79 Å². The number of carbonyl (C=O) groups excluding carboxylic acids is 1. The van der Waals surface area contributed by atoms with Crippen LogP contribution < -0.4 is 0 Å². The second-order valence-corrected chi connectivity index (χ2v) is 8.08. The highest BCUT2D eigenvalue weighted by Gasteiger charge is 2.45. The molecule has 99 valence electrons. The van der Waals surface area contributed by atoms with Crippen LogP contribution in [0.2, 0.25) is 18.1 Å². The standard InChI is InChI=1S/C14H20ClO2Si/c1-13(2,3)14(10-16,17-18(4)5)11-7-6-8-12(15)9-11/h6-10H,1-5H3/t14-/m0/s1. The van der Waals surface area contributed by atoms with Crippen molar-refractivity contribution in [1.29, 1.82) is 0 Å². The number of benzene rings is 1. The number of hydrogen-bond acceptors (Lipinski definition) is 2. The van der Waals surface area contributed by atoms with Crippen molar-refractivity contribution < 1.29 is 9.22 Å². The van der Waals surface area contributed by atoms with Gasteiger partial charge in [0.15, 0.2) is 6.29 Å². The van der Waals surface area contributed by atoms with Gasteiger partial charge in [-0.2, -0.15) is 0 Å². The smallest absolute Gasteiger partial charge is 0.206 e. The van der Waals surface area contributed by atoms with Gasteiger partial charge in [-0.1, -0.05) is 44.5 Å². The summed E-state index contributed by atoms with van der Waals surface area (Å²) in [5, 5.41) is 0.618. The fourth-order valence-corrected chi connectivity index (χ4v) is 3.26. The maximum atomic E-state index is 11.8. The van der Waals surface area contributed by atoms with Crippen molar-refractivity contribution in [3.8, 4) is 0 Å². The molecule has 0 aromatic heterocycles. The van der Waals surface area contributed by atoms with Gasteiger partial charge in [-0.05, 0) is 30.8 Å². The number of aldehydes is 1. The maximum absolute atomic E-state index is 11.8. The normalized spacial score (nSPS) is 15.5. The van der Waals surface area contributed by atoms with Crippen LogP contribution in [0.15, 0.2) is 24.3 Å². The van der Waals surface area contributed by atoms with Gasteiger partial charge in [0.2, 0.25) is 9.04 Å². The molecule has 1 aromatic rings. The topological polar surface area (TPSA) is 26.3 Å². The third kappa shape index (κ3) is 3.02. The predicted molar refractivity (Wildman–Crippen MR) is 77.2 cm³/mol. The third-order valence-electron chi connectivity index (χ3n) is 2.90. The molecule has 0 aliphatic carbocycles. The summed E-state index contributed by atoms with van der Waals surface area (Å²) in [7, 11) is -1.02. The predicted octanol–water partition coefficient (Wildman–Crippen LogP) is 4.05. The van der Waals surface area contributed by atoms with Crippen molar-refractivity contribution in [3.63, 3.8) is 0 Å². The van der Waals surface area contributed by atoms with Gasteiger partial charge >= 0.3 is 0 Å². The van der Waals surface area contributed by atoms with Crippen molar-refractivity contribution in [3.05, 3.63) is 34.9 Å². The molecule has 0 fully saturated rings. The molecule has 2 nitrogen and oxygen atoms in total. The molecule has 0 amide bonds. The summed E-state index contributed by atoms with van der Waals surface area (Å²) in [6, 6.07) is 7.36. The van der Waals surface area contributed by atoms with E-state index in [2.05, 4.69) is 0 Å². The Morgan fingerprint density at radius 2 is 1.89 bits per heavy atom. The number of carbonyl (C=O) groups is 1. The molecule has 0 saturated heterocycles. The summed E-state index contributed by atoms with van der Waals surface area (Å²) in [4.78, 5) is 11.8. The Hall–Kier alpha value is -0.643. The lowest BCUT2D eigenvalue weighted by Crippen LogP contribution is -2.46. The lowest BCUT2D eigenvalue weighted by Gasteiger charge is -2.42. The zero-order chi connectivity index (χ0) is 14.0. The van der Waals surface area contributed by atoms with E-state index in [0.717, 1.165) is 11.8 Å². The van der Waals surface area contributed by atoms with Crippen LogP contribution >= 0.6 is 11.6 Å². The molecule has 1 rings (SSSR count). The Morgan fingerprint density at radius 3 is 2.28 bits per heavy atom. The Bertz CT molecular complexity index is 426. The summed E-state index contributed by atoms with van der Waals surface area (Å²) in [5.41, 5.74) is -0.444. The Labute approximate surface area is 116 Å². The van der Waals surface area contributed by atoms with E-state index < -0.39 is 14.6 Å². The second-order valence-electron chi connectivity index (χ2n) is 5.62. The first kappa shape index (κ1) is 15.4. The minimum atomic E-state index is -1.02. The summed E-state index contributed by atoms with van der Waals surface area (Å²) in [6.07, 6.45) is 0.913. The molecule has 1 aromatic carbocycles. The zero-order valence-corrected chi connectivity index (χ0v) is 13.3. The largest absolute Gasteiger partial charge is 0.401 e. The highest BCUT2D eigenvalue weighted by molar-refractivity contribution is 6.48. The first-order valence-corrected chi connectivity index (χ1v) is 8.73. The monoisotopic (exact) mass is 283 g/mol. The molecule has 0 spiro atoms. The summed E-state index contributed by atoms with van der Waals surface area (Å²) < 4.78 is 6.07. The van der Waals surface area contributed by atoms with E-state index in [1.54, 1.807) is 6.07 Å². The van der Waals surface area contributed by atoms with Gasteiger partial charge in [0, 0.05) is 10.4 Å². The number of halogens is 1. The van der Waals surface area contributed by atoms with Gasteiger partial charge in [-0.3, -0.25) is 4.79 Å². The van der Waals surface area contributed by atoms with E-state index in [-0.39, 0.29) is 5.41 Å². The molecular formula is C14H20ClO2Si. The van der Waals surface area contributed by atoms with E-state index in [1.807, 2.05) is 52.1 Å². The first-order valence-electron chi connectivity index (χ1n) is 5.94. The molecule has 18 heavy (non-hydrogen) atoms. The van der Waals surface area contributed by atoms with Gasteiger partial charge in [-0.25, -0.2) is 0 Å². The van der Waals surface area contributed by atoms with Crippen LogP contribution in [0.25, 0.3) is 0 Å². The summed E-state index contributed by atoms with van der Waals surface area (Å²) in [5.74, 6) is 0. The third-order valence-corrected chi connectivity index (χ3v) is 3.86. The van der Waals surface area contributed by atoms with Crippen LogP contribution in [0.1, 0.15) is 26.3 Å². The Balaban J connectivity index is 3.40. The summed E-state index contributed by atoms with van der Waals surface area (Å²) >= 11 is 6.03. The number of rotatable bonds is 4. The average molecular weight is 284 g/mol. The molecular weight excluding hydrogens is 264 g/mol. The molecule has 1 radical (unpaired) electrons. The van der Waals surface area contributed by atoms with Crippen LogP contribution in [0, 0.1) is 5.41 Å². The Morgan fingerprint density at radius 1 is 1.28 bits per heavy atom. The lowest BCUT2D eigenvalue weighted by molar-refractivity contribution is -0.133. The molecule has 0 bridgehead atoms. The maximum Gasteiger partial charge on any atom is 0.206 e. The van der Waals surface area contributed by atoms with Gasteiger partial charge in [0.1, 0.15) is 5.60 Å². The van der Waals surface area contributed by atoms with E-state index >= 15 is 0 Å². The van der Waals surface area contributed by atoms with Crippen molar-refractivity contribution in [1.82, 2.24) is 0 Å². The first-order chi connectivity index (χ1) is 8.23. The van der Waals surface area contributed by atoms with Gasteiger partial charge in [-0.15, -0.1) is 0 Å². The average Bonchev–Trinajstić information content (AvgIpc) is 2.23. The highest BCUT2D eigenvalue weighted by Crippen LogP contribution is 2.42. The molecule has 0 unspecified atom stereocenters. The van der Waals surface area contributed by atoms with Crippen LogP contribution in [0.4, 0.5) is 0 Å². The van der Waals surface area contributed by atoms with Crippen molar-refractivity contribution in [2.24, 2.45) is 5.41 Å². The van der Waals surface area contributed by atoms with Gasteiger partial charge in [0.25, 0.3) is 0 Å². The van der Waals surface area contributed by atoms with E-state index in [4.69, 9.17) is 16.0 Å².